The Morgan fingerprint density at radius 1 is 1.30 bits per heavy atom. The summed E-state index contributed by atoms with van der Waals surface area (Å²) >= 11 is 0. The number of benzene rings is 1. The minimum Gasteiger partial charge on any atom is -0.336 e. The third kappa shape index (κ3) is 3.27. The molecule has 2 rings (SSSR count). The molecule has 1 aromatic carbocycles. The number of nitrogens with zero attached hydrogens (tertiary/aromatic N) is 3. The second-order valence-electron chi connectivity index (χ2n) is 4.22. The van der Waals surface area contributed by atoms with Crippen molar-refractivity contribution in [2.24, 2.45) is 5.84 Å². The molecule has 3 N–H and O–H groups in total. The van der Waals surface area contributed by atoms with E-state index in [1.165, 1.54) is 29.4 Å². The number of halogens is 1. The maximum atomic E-state index is 12.8. The summed E-state index contributed by atoms with van der Waals surface area (Å²) < 4.78 is 12.8. The van der Waals surface area contributed by atoms with E-state index < -0.39 is 0 Å². The van der Waals surface area contributed by atoms with Gasteiger partial charge >= 0.3 is 0 Å². The Kier molecular flexibility index (Phi) is 4.21. The quantitative estimate of drug-likeness (QED) is 0.646. The second-order valence-corrected chi connectivity index (χ2v) is 4.22. The highest BCUT2D eigenvalue weighted by atomic mass is 19.1. The van der Waals surface area contributed by atoms with Crippen LogP contribution >= 0.6 is 0 Å². The molecule has 6 nitrogen and oxygen atoms in total. The number of nitrogens with two attached hydrogens (primary N) is 1. The van der Waals surface area contributed by atoms with E-state index in [4.69, 9.17) is 5.84 Å². The lowest BCUT2D eigenvalue weighted by Gasteiger charge is -2.16. The molecule has 0 bridgehead atoms. The molecule has 7 heteroatoms. The molecule has 1 heterocycles. The van der Waals surface area contributed by atoms with Crippen LogP contribution in [0.15, 0.2) is 36.7 Å². The van der Waals surface area contributed by atoms with Crippen LogP contribution in [0.25, 0.3) is 0 Å². The fourth-order valence-electron chi connectivity index (χ4n) is 1.64. The molecular formula is C13H14FN5O. The maximum absolute atomic E-state index is 12.8. The molecule has 0 fully saturated rings. The van der Waals surface area contributed by atoms with Crippen molar-refractivity contribution in [2.45, 2.75) is 6.54 Å². The van der Waals surface area contributed by atoms with E-state index >= 15 is 0 Å². The SMILES string of the molecule is CN(Cc1ccc(F)cc1)C(=O)c1cnc(NN)cn1. The van der Waals surface area contributed by atoms with E-state index in [0.29, 0.717) is 12.4 Å². The van der Waals surface area contributed by atoms with Gasteiger partial charge in [0.25, 0.3) is 5.91 Å². The number of aromatic nitrogens is 2. The molecule has 0 unspecified atom stereocenters. The molecule has 0 saturated carbocycles. The van der Waals surface area contributed by atoms with Crippen molar-refractivity contribution in [1.82, 2.24) is 14.9 Å². The van der Waals surface area contributed by atoms with E-state index in [1.54, 1.807) is 19.2 Å². The number of nitrogen functional groups attached to an aromatic ring is 1. The number of anilines is 1. The molecule has 0 saturated heterocycles. The highest BCUT2D eigenvalue weighted by Gasteiger charge is 2.14. The van der Waals surface area contributed by atoms with Gasteiger partial charge in [0.1, 0.15) is 11.5 Å². The first-order valence-corrected chi connectivity index (χ1v) is 5.88. The summed E-state index contributed by atoms with van der Waals surface area (Å²) in [5.74, 6) is 4.97. The van der Waals surface area contributed by atoms with Crippen LogP contribution in [0.3, 0.4) is 0 Å². The average molecular weight is 275 g/mol. The summed E-state index contributed by atoms with van der Waals surface area (Å²) in [5.41, 5.74) is 3.38. The van der Waals surface area contributed by atoms with Crippen molar-refractivity contribution in [2.75, 3.05) is 12.5 Å². The number of nitrogens with one attached hydrogen (secondary N) is 1. The summed E-state index contributed by atoms with van der Waals surface area (Å²) in [7, 11) is 1.64. The van der Waals surface area contributed by atoms with Crippen LogP contribution < -0.4 is 11.3 Å². The van der Waals surface area contributed by atoms with Crippen LogP contribution in [0.1, 0.15) is 16.1 Å². The van der Waals surface area contributed by atoms with Gasteiger partial charge in [-0.2, -0.15) is 0 Å². The summed E-state index contributed by atoms with van der Waals surface area (Å²) in [5, 5.41) is 0. The van der Waals surface area contributed by atoms with E-state index in [1.807, 2.05) is 0 Å². The Bertz CT molecular complexity index is 585. The minimum atomic E-state index is -0.307. The topological polar surface area (TPSA) is 84.1 Å². The van der Waals surface area contributed by atoms with Crippen LogP contribution in [0.2, 0.25) is 0 Å². The second kappa shape index (κ2) is 6.07. The fourth-order valence-corrected chi connectivity index (χ4v) is 1.64. The van der Waals surface area contributed by atoms with Gasteiger partial charge in [0.05, 0.1) is 12.4 Å². The van der Waals surface area contributed by atoms with Crippen LogP contribution in [-0.2, 0) is 6.54 Å². The van der Waals surface area contributed by atoms with Crippen molar-refractivity contribution < 1.29 is 9.18 Å². The molecule has 0 radical (unpaired) electrons. The zero-order valence-electron chi connectivity index (χ0n) is 10.9. The lowest BCUT2D eigenvalue weighted by Crippen LogP contribution is -2.27. The number of amides is 1. The van der Waals surface area contributed by atoms with Crippen LogP contribution in [-0.4, -0.2) is 27.8 Å². The molecule has 20 heavy (non-hydrogen) atoms. The van der Waals surface area contributed by atoms with Crippen molar-refractivity contribution in [3.63, 3.8) is 0 Å². The van der Waals surface area contributed by atoms with Crippen molar-refractivity contribution in [3.8, 4) is 0 Å². The third-order valence-corrected chi connectivity index (χ3v) is 2.70. The van der Waals surface area contributed by atoms with Gasteiger partial charge in [-0.3, -0.25) is 4.79 Å². The zero-order valence-corrected chi connectivity index (χ0v) is 10.9. The molecule has 1 amide bonds. The largest absolute Gasteiger partial charge is 0.336 e. The van der Waals surface area contributed by atoms with Crippen LogP contribution in [0.5, 0.6) is 0 Å². The normalized spacial score (nSPS) is 10.2. The Morgan fingerprint density at radius 3 is 2.55 bits per heavy atom. The lowest BCUT2D eigenvalue weighted by atomic mass is 10.2. The molecule has 0 spiro atoms. The predicted molar refractivity (Wildman–Crippen MR) is 72.0 cm³/mol. The van der Waals surface area contributed by atoms with Crippen LogP contribution in [0.4, 0.5) is 10.2 Å². The van der Waals surface area contributed by atoms with Crippen molar-refractivity contribution in [3.05, 3.63) is 53.7 Å². The summed E-state index contributed by atoms with van der Waals surface area (Å²) in [6.07, 6.45) is 2.72. The molecule has 0 aliphatic heterocycles. The Labute approximate surface area is 115 Å². The monoisotopic (exact) mass is 275 g/mol. The van der Waals surface area contributed by atoms with Gasteiger partial charge in [0.2, 0.25) is 0 Å². The van der Waals surface area contributed by atoms with Gasteiger partial charge in [-0.1, -0.05) is 12.1 Å². The molecule has 0 aliphatic carbocycles. The number of hydrogen-bond acceptors (Lipinski definition) is 5. The van der Waals surface area contributed by atoms with Crippen molar-refractivity contribution in [1.29, 1.82) is 0 Å². The first-order chi connectivity index (χ1) is 9.60. The maximum Gasteiger partial charge on any atom is 0.274 e. The molecule has 1 aromatic heterocycles. The Balaban J connectivity index is 2.05. The zero-order chi connectivity index (χ0) is 14.5. The van der Waals surface area contributed by atoms with E-state index in [9.17, 15) is 9.18 Å². The number of rotatable bonds is 4. The molecule has 0 aliphatic rings. The summed E-state index contributed by atoms with van der Waals surface area (Å²) in [6.45, 7) is 0.359. The first kappa shape index (κ1) is 13.9. The molecule has 0 atom stereocenters. The minimum absolute atomic E-state index is 0.216. The van der Waals surface area contributed by atoms with Gasteiger partial charge in [0.15, 0.2) is 5.82 Å². The smallest absolute Gasteiger partial charge is 0.274 e. The summed E-state index contributed by atoms with van der Waals surface area (Å²) in [6, 6.07) is 5.97. The number of carbonyl (C=O) groups is 1. The third-order valence-electron chi connectivity index (χ3n) is 2.70. The van der Waals surface area contributed by atoms with Crippen molar-refractivity contribution >= 4 is 11.7 Å². The first-order valence-electron chi connectivity index (χ1n) is 5.88. The standard InChI is InChI=1S/C13H14FN5O/c1-19(8-9-2-4-10(14)5-3-9)13(20)11-6-17-12(18-15)7-16-11/h2-7H,8,15H2,1H3,(H,17,18). The highest BCUT2D eigenvalue weighted by molar-refractivity contribution is 5.91. The average Bonchev–Trinajstić information content (AvgIpc) is 2.49. The van der Waals surface area contributed by atoms with Gasteiger partial charge in [-0.15, -0.1) is 0 Å². The Hall–Kier alpha value is -2.54. The van der Waals surface area contributed by atoms with Crippen LogP contribution in [0, 0.1) is 5.82 Å². The predicted octanol–water partition coefficient (Wildman–Crippen LogP) is 1.17. The highest BCUT2D eigenvalue weighted by Crippen LogP contribution is 2.08. The number of carbonyl (C=O) groups excluding carboxylic acids is 1. The van der Waals surface area contributed by atoms with E-state index in [-0.39, 0.29) is 17.4 Å². The number of hydrazine groups is 1. The van der Waals surface area contributed by atoms with E-state index in [2.05, 4.69) is 15.4 Å². The summed E-state index contributed by atoms with van der Waals surface area (Å²) in [4.78, 5) is 21.5. The molecule has 2 aromatic rings. The van der Waals surface area contributed by atoms with Gasteiger partial charge in [0, 0.05) is 13.6 Å². The molecule has 104 valence electrons. The molecular weight excluding hydrogens is 261 g/mol. The number of hydrogen-bond donors (Lipinski definition) is 2. The van der Waals surface area contributed by atoms with Gasteiger partial charge < -0.3 is 10.3 Å². The van der Waals surface area contributed by atoms with E-state index in [0.717, 1.165) is 5.56 Å². The van der Waals surface area contributed by atoms with Gasteiger partial charge in [-0.05, 0) is 17.7 Å². The van der Waals surface area contributed by atoms with Gasteiger partial charge in [-0.25, -0.2) is 20.2 Å². The fraction of sp³-hybridized carbons (Fsp3) is 0.154. The lowest BCUT2D eigenvalue weighted by molar-refractivity contribution is 0.0779. The Morgan fingerprint density at radius 2 is 2.00 bits per heavy atom.